The zero-order chi connectivity index (χ0) is 10.2. The van der Waals surface area contributed by atoms with Gasteiger partial charge in [-0.1, -0.05) is 30.3 Å². The molecule has 1 rings (SSSR count). The fraction of sp³-hybridized carbons (Fsp3) is 0.364. The van der Waals surface area contributed by atoms with Gasteiger partial charge in [-0.25, -0.2) is 5.48 Å². The van der Waals surface area contributed by atoms with Gasteiger partial charge in [0.2, 0.25) is 5.91 Å². The molecular formula is C11H15NO2. The van der Waals surface area contributed by atoms with Gasteiger partial charge < -0.3 is 0 Å². The van der Waals surface area contributed by atoms with Crippen LogP contribution in [0.4, 0.5) is 0 Å². The molecule has 0 saturated carbocycles. The molecule has 0 unspecified atom stereocenters. The Balaban J connectivity index is 2.08. The third-order valence-electron chi connectivity index (χ3n) is 1.77. The number of nitrogens with one attached hydrogen (secondary N) is 1. The second-order valence-electron chi connectivity index (χ2n) is 3.10. The third-order valence-corrected chi connectivity index (χ3v) is 1.77. The molecule has 0 aliphatic rings. The topological polar surface area (TPSA) is 38.3 Å². The van der Waals surface area contributed by atoms with E-state index in [2.05, 4.69) is 17.6 Å². The van der Waals surface area contributed by atoms with Gasteiger partial charge in [-0.15, -0.1) is 0 Å². The zero-order valence-corrected chi connectivity index (χ0v) is 8.32. The standard InChI is InChI=1S/C11H15NO2/c1-10(13)12-14-9-5-8-11-6-3-2-4-7-11/h2-4,6-7H,5,8-9H2,1H3,(H,12,13). The van der Waals surface area contributed by atoms with Gasteiger partial charge in [-0.2, -0.15) is 0 Å². The van der Waals surface area contributed by atoms with Crippen molar-refractivity contribution in [3.8, 4) is 0 Å². The molecule has 76 valence electrons. The summed E-state index contributed by atoms with van der Waals surface area (Å²) in [4.78, 5) is 15.4. The van der Waals surface area contributed by atoms with Crippen molar-refractivity contribution in [3.05, 3.63) is 35.9 Å². The van der Waals surface area contributed by atoms with Crippen molar-refractivity contribution in [1.82, 2.24) is 5.48 Å². The van der Waals surface area contributed by atoms with E-state index in [-0.39, 0.29) is 5.91 Å². The lowest BCUT2D eigenvalue weighted by Crippen LogP contribution is -2.20. The van der Waals surface area contributed by atoms with Gasteiger partial charge in [-0.05, 0) is 18.4 Å². The van der Waals surface area contributed by atoms with Crippen molar-refractivity contribution in [3.63, 3.8) is 0 Å². The number of carbonyl (C=O) groups excluding carboxylic acids is 1. The maximum Gasteiger partial charge on any atom is 0.240 e. The molecule has 14 heavy (non-hydrogen) atoms. The second kappa shape index (κ2) is 6.16. The van der Waals surface area contributed by atoms with Crippen LogP contribution < -0.4 is 5.48 Å². The lowest BCUT2D eigenvalue weighted by Gasteiger charge is -2.03. The Hall–Kier alpha value is -1.35. The third kappa shape index (κ3) is 4.62. The average molecular weight is 193 g/mol. The van der Waals surface area contributed by atoms with Gasteiger partial charge in [0.05, 0.1) is 6.61 Å². The van der Waals surface area contributed by atoms with E-state index in [4.69, 9.17) is 4.84 Å². The average Bonchev–Trinajstić information content (AvgIpc) is 2.18. The van der Waals surface area contributed by atoms with Crippen LogP contribution in [-0.2, 0) is 16.1 Å². The first kappa shape index (κ1) is 10.7. The summed E-state index contributed by atoms with van der Waals surface area (Å²) in [5.74, 6) is -0.162. The van der Waals surface area contributed by atoms with E-state index in [0.29, 0.717) is 6.61 Å². The summed E-state index contributed by atoms with van der Waals surface area (Å²) < 4.78 is 0. The van der Waals surface area contributed by atoms with Crippen LogP contribution in [0.5, 0.6) is 0 Å². The van der Waals surface area contributed by atoms with E-state index >= 15 is 0 Å². The number of benzene rings is 1. The minimum Gasteiger partial charge on any atom is -0.274 e. The fourth-order valence-corrected chi connectivity index (χ4v) is 1.15. The summed E-state index contributed by atoms with van der Waals surface area (Å²) >= 11 is 0. The van der Waals surface area contributed by atoms with Crippen molar-refractivity contribution in [2.24, 2.45) is 0 Å². The first-order valence-corrected chi connectivity index (χ1v) is 4.71. The molecule has 0 heterocycles. The molecule has 0 aliphatic heterocycles. The van der Waals surface area contributed by atoms with Gasteiger partial charge in [0.25, 0.3) is 0 Å². The van der Waals surface area contributed by atoms with E-state index < -0.39 is 0 Å². The molecule has 3 heteroatoms. The maximum atomic E-state index is 10.4. The molecule has 1 N–H and O–H groups in total. The Morgan fingerprint density at radius 2 is 2.07 bits per heavy atom. The largest absolute Gasteiger partial charge is 0.274 e. The number of hydroxylamine groups is 1. The van der Waals surface area contributed by atoms with E-state index in [1.165, 1.54) is 12.5 Å². The zero-order valence-electron chi connectivity index (χ0n) is 8.32. The highest BCUT2D eigenvalue weighted by molar-refractivity contribution is 5.71. The molecule has 0 atom stereocenters. The monoisotopic (exact) mass is 193 g/mol. The number of amides is 1. The summed E-state index contributed by atoms with van der Waals surface area (Å²) in [5, 5.41) is 0. The van der Waals surface area contributed by atoms with Crippen LogP contribution in [-0.4, -0.2) is 12.5 Å². The lowest BCUT2D eigenvalue weighted by molar-refractivity contribution is -0.131. The second-order valence-corrected chi connectivity index (χ2v) is 3.10. The molecule has 0 aromatic heterocycles. The minimum atomic E-state index is -0.162. The van der Waals surface area contributed by atoms with Crippen molar-refractivity contribution in [2.45, 2.75) is 19.8 Å². The maximum absolute atomic E-state index is 10.4. The van der Waals surface area contributed by atoms with E-state index in [9.17, 15) is 4.79 Å². The highest BCUT2D eigenvalue weighted by Gasteiger charge is 1.93. The summed E-state index contributed by atoms with van der Waals surface area (Å²) in [6.45, 7) is 1.98. The Labute approximate surface area is 84.0 Å². The molecular weight excluding hydrogens is 178 g/mol. The van der Waals surface area contributed by atoms with Crippen LogP contribution in [0.2, 0.25) is 0 Å². The summed E-state index contributed by atoms with van der Waals surface area (Å²) in [6, 6.07) is 10.2. The Morgan fingerprint density at radius 1 is 1.36 bits per heavy atom. The molecule has 1 aromatic carbocycles. The van der Waals surface area contributed by atoms with E-state index in [1.807, 2.05) is 18.2 Å². The van der Waals surface area contributed by atoms with E-state index in [0.717, 1.165) is 12.8 Å². The van der Waals surface area contributed by atoms with Crippen molar-refractivity contribution >= 4 is 5.91 Å². The smallest absolute Gasteiger partial charge is 0.240 e. The van der Waals surface area contributed by atoms with E-state index in [1.54, 1.807) is 0 Å². The Bertz CT molecular complexity index is 272. The number of carbonyl (C=O) groups is 1. The van der Waals surface area contributed by atoms with Crippen LogP contribution in [0.1, 0.15) is 18.9 Å². The SMILES string of the molecule is CC(=O)NOCCCc1ccccc1. The molecule has 3 nitrogen and oxygen atoms in total. The highest BCUT2D eigenvalue weighted by Crippen LogP contribution is 2.01. The predicted octanol–water partition coefficient (Wildman–Crippen LogP) is 1.69. The normalized spacial score (nSPS) is 9.79. The quantitative estimate of drug-likeness (QED) is 0.571. The van der Waals surface area contributed by atoms with Crippen molar-refractivity contribution in [1.29, 1.82) is 0 Å². The van der Waals surface area contributed by atoms with Crippen LogP contribution in [0.3, 0.4) is 0 Å². The first-order valence-electron chi connectivity index (χ1n) is 4.71. The van der Waals surface area contributed by atoms with Crippen LogP contribution in [0.15, 0.2) is 30.3 Å². The molecule has 0 bridgehead atoms. The summed E-state index contributed by atoms with van der Waals surface area (Å²) in [6.07, 6.45) is 1.88. The van der Waals surface area contributed by atoms with Crippen molar-refractivity contribution < 1.29 is 9.63 Å². The predicted molar refractivity (Wildman–Crippen MR) is 54.5 cm³/mol. The number of aryl methyl sites for hydroxylation is 1. The molecule has 0 saturated heterocycles. The number of rotatable bonds is 5. The Morgan fingerprint density at radius 3 is 2.71 bits per heavy atom. The first-order chi connectivity index (χ1) is 6.79. The van der Waals surface area contributed by atoms with Crippen LogP contribution in [0, 0.1) is 0 Å². The molecule has 0 radical (unpaired) electrons. The highest BCUT2D eigenvalue weighted by atomic mass is 16.6. The summed E-state index contributed by atoms with van der Waals surface area (Å²) in [7, 11) is 0. The molecule has 0 aliphatic carbocycles. The number of hydrogen-bond acceptors (Lipinski definition) is 2. The number of hydrogen-bond donors (Lipinski definition) is 1. The fourth-order valence-electron chi connectivity index (χ4n) is 1.15. The van der Waals surface area contributed by atoms with Crippen LogP contribution in [0.25, 0.3) is 0 Å². The van der Waals surface area contributed by atoms with Gasteiger partial charge >= 0.3 is 0 Å². The molecule has 0 spiro atoms. The van der Waals surface area contributed by atoms with Crippen LogP contribution >= 0.6 is 0 Å². The van der Waals surface area contributed by atoms with Gasteiger partial charge in [0.1, 0.15) is 0 Å². The van der Waals surface area contributed by atoms with Gasteiger partial charge in [0, 0.05) is 6.92 Å². The lowest BCUT2D eigenvalue weighted by atomic mass is 10.1. The molecule has 1 amide bonds. The minimum absolute atomic E-state index is 0.162. The van der Waals surface area contributed by atoms with Gasteiger partial charge in [-0.3, -0.25) is 9.63 Å². The Kier molecular flexibility index (Phi) is 4.72. The van der Waals surface area contributed by atoms with Gasteiger partial charge in [0.15, 0.2) is 0 Å². The molecule has 0 fully saturated rings. The molecule has 1 aromatic rings. The summed E-state index contributed by atoms with van der Waals surface area (Å²) in [5.41, 5.74) is 3.58. The van der Waals surface area contributed by atoms with Crippen molar-refractivity contribution in [2.75, 3.05) is 6.61 Å².